The summed E-state index contributed by atoms with van der Waals surface area (Å²) in [4.78, 5) is 14.4. The van der Waals surface area contributed by atoms with Crippen molar-refractivity contribution < 1.29 is 9.18 Å². The van der Waals surface area contributed by atoms with Gasteiger partial charge in [0.15, 0.2) is 0 Å². The van der Waals surface area contributed by atoms with Gasteiger partial charge in [0.1, 0.15) is 5.82 Å². The van der Waals surface area contributed by atoms with Gasteiger partial charge in [0.25, 0.3) is 0 Å². The number of benzene rings is 1. The summed E-state index contributed by atoms with van der Waals surface area (Å²) < 4.78 is 15.4. The predicted octanol–water partition coefficient (Wildman–Crippen LogP) is 4.02. The van der Waals surface area contributed by atoms with Crippen LogP contribution in [-0.2, 0) is 6.54 Å². The Kier molecular flexibility index (Phi) is 4.13. The fourth-order valence-electron chi connectivity index (χ4n) is 3.05. The molecule has 1 aliphatic rings. The second kappa shape index (κ2) is 6.22. The number of amides is 2. The molecular formula is C17H20FN3O. The highest BCUT2D eigenvalue weighted by Gasteiger charge is 2.30. The van der Waals surface area contributed by atoms with Crippen LogP contribution in [0.4, 0.5) is 14.9 Å². The van der Waals surface area contributed by atoms with Crippen molar-refractivity contribution in [3.8, 4) is 0 Å². The lowest BCUT2D eigenvalue weighted by molar-refractivity contribution is 0.163. The molecule has 0 aliphatic carbocycles. The Morgan fingerprint density at radius 1 is 1.32 bits per heavy atom. The molecule has 1 atom stereocenters. The van der Waals surface area contributed by atoms with E-state index in [-0.39, 0.29) is 17.9 Å². The number of urea groups is 1. The van der Waals surface area contributed by atoms with Gasteiger partial charge < -0.3 is 14.8 Å². The number of nitrogens with one attached hydrogen (secondary N) is 1. The SMILES string of the molecule is CCCC1c2cccn2CCN1C(=O)Nc1cccc(F)c1. The Morgan fingerprint density at radius 2 is 2.18 bits per heavy atom. The van der Waals surface area contributed by atoms with Crippen LogP contribution < -0.4 is 5.32 Å². The maximum atomic E-state index is 13.2. The minimum Gasteiger partial charge on any atom is -0.348 e. The van der Waals surface area contributed by atoms with Crippen molar-refractivity contribution in [3.05, 3.63) is 54.1 Å². The zero-order chi connectivity index (χ0) is 15.5. The first-order valence-corrected chi connectivity index (χ1v) is 7.67. The highest BCUT2D eigenvalue weighted by Crippen LogP contribution is 2.30. The molecule has 3 rings (SSSR count). The highest BCUT2D eigenvalue weighted by atomic mass is 19.1. The molecule has 1 unspecified atom stereocenters. The van der Waals surface area contributed by atoms with Crippen molar-refractivity contribution in [1.29, 1.82) is 0 Å². The third-order valence-corrected chi connectivity index (χ3v) is 4.06. The van der Waals surface area contributed by atoms with E-state index in [0.29, 0.717) is 12.2 Å². The summed E-state index contributed by atoms with van der Waals surface area (Å²) in [6.07, 6.45) is 3.97. The maximum Gasteiger partial charge on any atom is 0.322 e. The zero-order valence-corrected chi connectivity index (χ0v) is 12.6. The lowest BCUT2D eigenvalue weighted by Crippen LogP contribution is -2.44. The highest BCUT2D eigenvalue weighted by molar-refractivity contribution is 5.89. The Bertz CT molecular complexity index is 667. The molecule has 0 saturated heterocycles. The van der Waals surface area contributed by atoms with Crippen molar-refractivity contribution in [2.45, 2.75) is 32.4 Å². The fourth-order valence-corrected chi connectivity index (χ4v) is 3.05. The molecule has 4 nitrogen and oxygen atoms in total. The average Bonchev–Trinajstić information content (AvgIpc) is 2.96. The van der Waals surface area contributed by atoms with Crippen molar-refractivity contribution in [2.24, 2.45) is 0 Å². The van der Waals surface area contributed by atoms with Crippen LogP contribution in [0.25, 0.3) is 0 Å². The Morgan fingerprint density at radius 3 is 2.95 bits per heavy atom. The van der Waals surface area contributed by atoms with Gasteiger partial charge in [-0.25, -0.2) is 9.18 Å². The molecule has 22 heavy (non-hydrogen) atoms. The summed E-state index contributed by atoms with van der Waals surface area (Å²) >= 11 is 0. The largest absolute Gasteiger partial charge is 0.348 e. The second-order valence-corrected chi connectivity index (χ2v) is 5.56. The minimum absolute atomic E-state index is 0.0716. The van der Waals surface area contributed by atoms with E-state index < -0.39 is 0 Å². The van der Waals surface area contributed by atoms with E-state index in [9.17, 15) is 9.18 Å². The number of fused-ring (bicyclic) bond motifs is 1. The van der Waals surface area contributed by atoms with Crippen LogP contribution in [-0.4, -0.2) is 22.0 Å². The normalized spacial score (nSPS) is 17.2. The molecule has 2 amide bonds. The molecule has 0 fully saturated rings. The second-order valence-electron chi connectivity index (χ2n) is 5.56. The zero-order valence-electron chi connectivity index (χ0n) is 12.6. The molecule has 2 heterocycles. The fraction of sp³-hybridized carbons (Fsp3) is 0.353. The number of anilines is 1. The number of rotatable bonds is 3. The van der Waals surface area contributed by atoms with Gasteiger partial charge in [0, 0.05) is 30.7 Å². The number of hydrogen-bond acceptors (Lipinski definition) is 1. The maximum absolute atomic E-state index is 13.2. The predicted molar refractivity (Wildman–Crippen MR) is 84.2 cm³/mol. The van der Waals surface area contributed by atoms with Gasteiger partial charge in [0.05, 0.1) is 6.04 Å². The van der Waals surface area contributed by atoms with E-state index in [1.54, 1.807) is 12.1 Å². The minimum atomic E-state index is -0.351. The van der Waals surface area contributed by atoms with Crippen LogP contribution in [0.1, 0.15) is 31.5 Å². The molecule has 0 bridgehead atoms. The van der Waals surface area contributed by atoms with Gasteiger partial charge in [-0.1, -0.05) is 19.4 Å². The number of aromatic nitrogens is 1. The number of carbonyl (C=O) groups is 1. The molecule has 2 aromatic rings. The summed E-state index contributed by atoms with van der Waals surface area (Å²) in [5, 5.41) is 2.80. The summed E-state index contributed by atoms with van der Waals surface area (Å²) in [5.74, 6) is -0.351. The average molecular weight is 301 g/mol. The lowest BCUT2D eigenvalue weighted by atomic mass is 10.0. The summed E-state index contributed by atoms with van der Waals surface area (Å²) in [5.41, 5.74) is 1.66. The van der Waals surface area contributed by atoms with Gasteiger partial charge in [-0.05, 0) is 36.8 Å². The van der Waals surface area contributed by atoms with Crippen LogP contribution in [0.3, 0.4) is 0 Å². The van der Waals surface area contributed by atoms with Crippen LogP contribution in [0.15, 0.2) is 42.6 Å². The molecule has 0 radical (unpaired) electrons. The molecule has 1 aromatic carbocycles. The van der Waals surface area contributed by atoms with Crippen LogP contribution in [0.5, 0.6) is 0 Å². The Hall–Kier alpha value is -2.30. The first kappa shape index (κ1) is 14.6. The van der Waals surface area contributed by atoms with Gasteiger partial charge in [-0.3, -0.25) is 0 Å². The Labute approximate surface area is 129 Å². The van der Waals surface area contributed by atoms with E-state index in [1.807, 2.05) is 11.0 Å². The molecule has 1 aromatic heterocycles. The number of nitrogens with zero attached hydrogens (tertiary/aromatic N) is 2. The Balaban J connectivity index is 1.79. The smallest absolute Gasteiger partial charge is 0.322 e. The van der Waals surface area contributed by atoms with Crippen LogP contribution in [0.2, 0.25) is 0 Å². The van der Waals surface area contributed by atoms with Crippen LogP contribution >= 0.6 is 0 Å². The van der Waals surface area contributed by atoms with Crippen molar-refractivity contribution >= 4 is 11.7 Å². The molecule has 1 N–H and O–H groups in total. The van der Waals surface area contributed by atoms with E-state index in [1.165, 1.54) is 17.8 Å². The standard InChI is InChI=1S/C17H20FN3O/c1-2-5-16-15-8-4-9-20(15)10-11-21(16)17(22)19-14-7-3-6-13(18)12-14/h3-4,6-9,12,16H,2,5,10-11H2,1H3,(H,19,22). The summed E-state index contributed by atoms with van der Waals surface area (Å²) in [7, 11) is 0. The monoisotopic (exact) mass is 301 g/mol. The molecule has 5 heteroatoms. The summed E-state index contributed by atoms with van der Waals surface area (Å²) in [6, 6.07) is 9.98. The molecule has 116 valence electrons. The first-order chi connectivity index (χ1) is 10.7. The molecule has 0 saturated carbocycles. The number of hydrogen-bond donors (Lipinski definition) is 1. The first-order valence-electron chi connectivity index (χ1n) is 7.67. The topological polar surface area (TPSA) is 37.3 Å². The molecule has 0 spiro atoms. The molecular weight excluding hydrogens is 281 g/mol. The van der Waals surface area contributed by atoms with Crippen molar-refractivity contribution in [3.63, 3.8) is 0 Å². The van der Waals surface area contributed by atoms with Gasteiger partial charge in [-0.15, -0.1) is 0 Å². The van der Waals surface area contributed by atoms with Gasteiger partial charge in [-0.2, -0.15) is 0 Å². The van der Waals surface area contributed by atoms with Crippen LogP contribution in [0, 0.1) is 5.82 Å². The van der Waals surface area contributed by atoms with E-state index in [4.69, 9.17) is 0 Å². The molecule has 1 aliphatic heterocycles. The third kappa shape index (κ3) is 2.84. The number of carbonyl (C=O) groups excluding carboxylic acids is 1. The lowest BCUT2D eigenvalue weighted by Gasteiger charge is -2.37. The number of halogens is 1. The summed E-state index contributed by atoms with van der Waals surface area (Å²) in [6.45, 7) is 3.57. The van der Waals surface area contributed by atoms with Gasteiger partial charge in [0.2, 0.25) is 0 Å². The van der Waals surface area contributed by atoms with E-state index >= 15 is 0 Å². The van der Waals surface area contributed by atoms with Gasteiger partial charge >= 0.3 is 6.03 Å². The third-order valence-electron chi connectivity index (χ3n) is 4.06. The van der Waals surface area contributed by atoms with Crippen molar-refractivity contribution in [1.82, 2.24) is 9.47 Å². The van der Waals surface area contributed by atoms with E-state index in [2.05, 4.69) is 29.1 Å². The van der Waals surface area contributed by atoms with E-state index in [0.717, 1.165) is 19.4 Å². The van der Waals surface area contributed by atoms with Crippen molar-refractivity contribution in [2.75, 3.05) is 11.9 Å². The quantitative estimate of drug-likeness (QED) is 0.913.